The molecule has 10 heavy (non-hydrogen) atoms. The summed E-state index contributed by atoms with van der Waals surface area (Å²) in [6.45, 7) is 3.93. The first-order valence-electron chi connectivity index (χ1n) is 3.28. The van der Waals surface area contributed by atoms with E-state index < -0.39 is 0 Å². The molecule has 0 saturated heterocycles. The van der Waals surface area contributed by atoms with Gasteiger partial charge in [-0.15, -0.1) is 5.10 Å². The summed E-state index contributed by atoms with van der Waals surface area (Å²) in [5, 5.41) is 7.69. The molecule has 1 unspecified atom stereocenters. The maximum Gasteiger partial charge on any atom is 0.241 e. The predicted octanol–water partition coefficient (Wildman–Crippen LogP) is 1.24. The summed E-state index contributed by atoms with van der Waals surface area (Å²) in [5.41, 5.74) is 2.13. The molecule has 0 saturated carbocycles. The predicted molar refractivity (Wildman–Crippen MR) is 35.8 cm³/mol. The van der Waals surface area contributed by atoms with Gasteiger partial charge in [-0.2, -0.15) is 5.10 Å². The fraction of sp³-hybridized carbons (Fsp3) is 0.429. The molecule has 0 aliphatic carbocycles. The number of rotatable bonds is 0. The molecule has 1 aromatic rings. The number of hydrogen-bond donors (Lipinski definition) is 0. The quantitative estimate of drug-likeness (QED) is 0.538. The monoisotopic (exact) mass is 136 g/mol. The average molecular weight is 136 g/mol. The molecule has 1 atom stereocenters. The van der Waals surface area contributed by atoms with Gasteiger partial charge in [0, 0.05) is 0 Å². The van der Waals surface area contributed by atoms with Crippen LogP contribution in [0.2, 0.25) is 0 Å². The molecule has 1 aliphatic heterocycles. The minimum absolute atomic E-state index is 0.212. The second-order valence-electron chi connectivity index (χ2n) is 2.51. The zero-order valence-electron chi connectivity index (χ0n) is 5.96. The molecule has 2 heterocycles. The standard InChI is InChI=1S/C7H8N2O/c1-4-3-6-5(2)10-7(6)9-8-4/h3,5H,1-2H3. The van der Waals surface area contributed by atoms with Crippen molar-refractivity contribution in [1.82, 2.24) is 10.2 Å². The molecule has 2 rings (SSSR count). The molecule has 0 radical (unpaired) electrons. The highest BCUT2D eigenvalue weighted by atomic mass is 16.5. The van der Waals surface area contributed by atoms with Gasteiger partial charge in [-0.05, 0) is 19.9 Å². The lowest BCUT2D eigenvalue weighted by atomic mass is 10.1. The minimum atomic E-state index is 0.212. The lowest BCUT2D eigenvalue weighted by Gasteiger charge is -2.25. The normalized spacial score (nSPS) is 20.8. The Kier molecular flexibility index (Phi) is 0.952. The molecule has 0 bridgehead atoms. The molecular weight excluding hydrogens is 128 g/mol. The van der Waals surface area contributed by atoms with E-state index in [0.29, 0.717) is 5.88 Å². The van der Waals surface area contributed by atoms with Crippen molar-refractivity contribution in [3.63, 3.8) is 0 Å². The van der Waals surface area contributed by atoms with E-state index in [1.165, 1.54) is 5.56 Å². The SMILES string of the molecule is Cc1cc2c(nn1)OC2C. The molecule has 1 aliphatic rings. The molecule has 3 nitrogen and oxygen atoms in total. The Morgan fingerprint density at radius 3 is 2.90 bits per heavy atom. The number of aryl methyl sites for hydroxylation is 1. The summed E-state index contributed by atoms with van der Waals surface area (Å²) in [6.07, 6.45) is 0.212. The van der Waals surface area contributed by atoms with Crippen molar-refractivity contribution in [2.24, 2.45) is 0 Å². The van der Waals surface area contributed by atoms with Crippen molar-refractivity contribution < 1.29 is 4.74 Å². The van der Waals surface area contributed by atoms with Crippen molar-refractivity contribution in [2.45, 2.75) is 20.0 Å². The van der Waals surface area contributed by atoms with E-state index in [-0.39, 0.29) is 6.10 Å². The van der Waals surface area contributed by atoms with Gasteiger partial charge in [0.25, 0.3) is 0 Å². The first kappa shape index (κ1) is 5.65. The Balaban J connectivity index is 2.51. The third-order valence-corrected chi connectivity index (χ3v) is 1.64. The van der Waals surface area contributed by atoms with E-state index in [9.17, 15) is 0 Å². The van der Waals surface area contributed by atoms with Gasteiger partial charge in [0.1, 0.15) is 6.10 Å². The van der Waals surface area contributed by atoms with Crippen molar-refractivity contribution in [2.75, 3.05) is 0 Å². The molecule has 0 spiro atoms. The largest absolute Gasteiger partial charge is 0.468 e. The Labute approximate surface area is 59.0 Å². The van der Waals surface area contributed by atoms with Gasteiger partial charge in [-0.25, -0.2) is 0 Å². The summed E-state index contributed by atoms with van der Waals surface area (Å²) < 4.78 is 5.17. The summed E-state index contributed by atoms with van der Waals surface area (Å²) in [6, 6.07) is 2.01. The first-order chi connectivity index (χ1) is 4.77. The van der Waals surface area contributed by atoms with E-state index in [1.54, 1.807) is 0 Å². The number of fused-ring (bicyclic) bond motifs is 1. The minimum Gasteiger partial charge on any atom is -0.468 e. The highest BCUT2D eigenvalue weighted by Gasteiger charge is 2.25. The number of aromatic nitrogens is 2. The summed E-state index contributed by atoms with van der Waals surface area (Å²) >= 11 is 0. The van der Waals surface area contributed by atoms with Gasteiger partial charge in [-0.1, -0.05) is 0 Å². The number of nitrogens with zero attached hydrogens (tertiary/aromatic N) is 2. The Morgan fingerprint density at radius 1 is 1.50 bits per heavy atom. The molecule has 0 amide bonds. The van der Waals surface area contributed by atoms with Crippen molar-refractivity contribution in [1.29, 1.82) is 0 Å². The smallest absolute Gasteiger partial charge is 0.241 e. The zero-order valence-corrected chi connectivity index (χ0v) is 5.96. The van der Waals surface area contributed by atoms with Gasteiger partial charge in [0.15, 0.2) is 0 Å². The molecule has 52 valence electrons. The first-order valence-corrected chi connectivity index (χ1v) is 3.28. The maximum atomic E-state index is 5.17. The number of ether oxygens (including phenoxy) is 1. The molecule has 0 N–H and O–H groups in total. The lowest BCUT2D eigenvalue weighted by Crippen LogP contribution is -2.18. The number of hydrogen-bond acceptors (Lipinski definition) is 3. The van der Waals surface area contributed by atoms with E-state index in [0.717, 1.165) is 5.69 Å². The highest BCUT2D eigenvalue weighted by Crippen LogP contribution is 2.35. The van der Waals surface area contributed by atoms with Crippen LogP contribution in [0.1, 0.15) is 24.3 Å². The summed E-state index contributed by atoms with van der Waals surface area (Å²) in [4.78, 5) is 0. The third-order valence-electron chi connectivity index (χ3n) is 1.64. The van der Waals surface area contributed by atoms with Gasteiger partial charge >= 0.3 is 0 Å². The van der Waals surface area contributed by atoms with E-state index in [1.807, 2.05) is 19.9 Å². The van der Waals surface area contributed by atoms with Crippen molar-refractivity contribution in [3.8, 4) is 5.88 Å². The van der Waals surface area contributed by atoms with E-state index >= 15 is 0 Å². The molecule has 3 heteroatoms. The maximum absolute atomic E-state index is 5.17. The van der Waals surface area contributed by atoms with Gasteiger partial charge in [-0.3, -0.25) is 0 Å². The van der Waals surface area contributed by atoms with Crippen LogP contribution in [0.3, 0.4) is 0 Å². The fourth-order valence-electron chi connectivity index (χ4n) is 1.05. The van der Waals surface area contributed by atoms with E-state index in [4.69, 9.17) is 4.74 Å². The van der Waals surface area contributed by atoms with Crippen LogP contribution in [0.5, 0.6) is 5.88 Å². The van der Waals surface area contributed by atoms with Gasteiger partial charge in [0.2, 0.25) is 5.88 Å². The molecular formula is C7H8N2O. The summed E-state index contributed by atoms with van der Waals surface area (Å²) in [5.74, 6) is 0.693. The Bertz CT molecular complexity index is 272. The second kappa shape index (κ2) is 1.68. The Morgan fingerprint density at radius 2 is 2.30 bits per heavy atom. The van der Waals surface area contributed by atoms with E-state index in [2.05, 4.69) is 10.2 Å². The van der Waals surface area contributed by atoms with Crippen LogP contribution in [0, 0.1) is 6.92 Å². The average Bonchev–Trinajstić information content (AvgIpc) is 1.92. The van der Waals surface area contributed by atoms with Crippen molar-refractivity contribution in [3.05, 3.63) is 17.3 Å². The topological polar surface area (TPSA) is 35.0 Å². The second-order valence-corrected chi connectivity index (χ2v) is 2.51. The fourth-order valence-corrected chi connectivity index (χ4v) is 1.05. The zero-order chi connectivity index (χ0) is 7.14. The van der Waals surface area contributed by atoms with Crippen LogP contribution in [-0.4, -0.2) is 10.2 Å². The third kappa shape index (κ3) is 0.602. The van der Waals surface area contributed by atoms with Crippen molar-refractivity contribution >= 4 is 0 Å². The van der Waals surface area contributed by atoms with Gasteiger partial charge < -0.3 is 4.74 Å². The van der Waals surface area contributed by atoms with Gasteiger partial charge in [0.05, 0.1) is 11.3 Å². The van der Waals surface area contributed by atoms with Crippen LogP contribution in [-0.2, 0) is 0 Å². The van der Waals surface area contributed by atoms with Crippen LogP contribution < -0.4 is 4.74 Å². The van der Waals surface area contributed by atoms with Crippen LogP contribution in [0.15, 0.2) is 6.07 Å². The van der Waals surface area contributed by atoms with Crippen LogP contribution >= 0.6 is 0 Å². The highest BCUT2D eigenvalue weighted by molar-refractivity contribution is 5.34. The van der Waals surface area contributed by atoms with Crippen LogP contribution in [0.4, 0.5) is 0 Å². The molecule has 0 aromatic carbocycles. The summed E-state index contributed by atoms with van der Waals surface area (Å²) in [7, 11) is 0. The molecule has 1 aromatic heterocycles. The molecule has 0 fully saturated rings. The van der Waals surface area contributed by atoms with Crippen LogP contribution in [0.25, 0.3) is 0 Å². The Hall–Kier alpha value is -1.12. The lowest BCUT2D eigenvalue weighted by molar-refractivity contribution is 0.151.